The van der Waals surface area contributed by atoms with Gasteiger partial charge in [-0.05, 0) is 37.3 Å². The second-order valence-electron chi connectivity index (χ2n) is 7.80. The van der Waals surface area contributed by atoms with Crippen molar-refractivity contribution in [3.63, 3.8) is 0 Å². The molecule has 2 heterocycles. The van der Waals surface area contributed by atoms with Crippen LogP contribution in [0, 0.1) is 23.2 Å². The largest absolute Gasteiger partial charge is 0.394 e. The Labute approximate surface area is 125 Å². The fourth-order valence-corrected chi connectivity index (χ4v) is 5.54. The molecule has 2 fully saturated rings. The molecule has 5 unspecified atom stereocenters. The third-order valence-corrected chi connectivity index (χ3v) is 5.84. The molecule has 0 amide bonds. The van der Waals surface area contributed by atoms with Crippen LogP contribution < -0.4 is 0 Å². The van der Waals surface area contributed by atoms with Gasteiger partial charge in [0.2, 0.25) is 0 Å². The Hall–Kier alpha value is -0.193. The summed E-state index contributed by atoms with van der Waals surface area (Å²) in [5, 5.41) is 0. The van der Waals surface area contributed by atoms with E-state index in [9.17, 15) is 4.79 Å². The van der Waals surface area contributed by atoms with Crippen LogP contribution in [0.2, 0.25) is 13.1 Å². The van der Waals surface area contributed by atoms with Gasteiger partial charge in [-0.1, -0.05) is 27.7 Å². The fourth-order valence-electron chi connectivity index (χ4n) is 4.41. The van der Waals surface area contributed by atoms with E-state index in [4.69, 9.17) is 9.16 Å². The highest BCUT2D eigenvalue weighted by Gasteiger charge is 2.64. The number of carbonyl (C=O) groups excluding carboxylic acids is 1. The summed E-state index contributed by atoms with van der Waals surface area (Å²) >= 11 is 0. The predicted molar refractivity (Wildman–Crippen MR) is 83.1 cm³/mol. The van der Waals surface area contributed by atoms with Crippen LogP contribution in [0.1, 0.15) is 47.0 Å². The van der Waals surface area contributed by atoms with Crippen molar-refractivity contribution in [2.75, 3.05) is 0 Å². The molecule has 116 valence electrons. The van der Waals surface area contributed by atoms with E-state index in [2.05, 4.69) is 40.8 Å². The molecule has 2 bridgehead atoms. The molecule has 0 spiro atoms. The molecule has 0 aromatic heterocycles. The van der Waals surface area contributed by atoms with Crippen LogP contribution in [0.4, 0.5) is 0 Å². The van der Waals surface area contributed by atoms with Crippen molar-refractivity contribution in [3.8, 4) is 0 Å². The van der Waals surface area contributed by atoms with Gasteiger partial charge in [0.1, 0.15) is 6.29 Å². The van der Waals surface area contributed by atoms with E-state index in [0.717, 1.165) is 25.5 Å². The summed E-state index contributed by atoms with van der Waals surface area (Å²) in [5.41, 5.74) is 0.149. The van der Waals surface area contributed by atoms with Crippen molar-refractivity contribution in [1.82, 2.24) is 0 Å². The first kappa shape index (κ1) is 16.2. The Balaban J connectivity index is 2.38. The molecule has 2 saturated heterocycles. The number of rotatable bonds is 5. The zero-order valence-corrected chi connectivity index (χ0v) is 15.0. The molecular formula is C16H30O3Si. The van der Waals surface area contributed by atoms with Gasteiger partial charge >= 0.3 is 0 Å². The van der Waals surface area contributed by atoms with Crippen LogP contribution in [0.15, 0.2) is 0 Å². The summed E-state index contributed by atoms with van der Waals surface area (Å²) in [5.74, 6) is 0.222. The van der Waals surface area contributed by atoms with Gasteiger partial charge < -0.3 is 14.0 Å². The average Bonchev–Trinajstić information content (AvgIpc) is 2.84. The van der Waals surface area contributed by atoms with E-state index >= 15 is 0 Å². The summed E-state index contributed by atoms with van der Waals surface area (Å²) in [4.78, 5) is 11.6. The lowest BCUT2D eigenvalue weighted by Crippen LogP contribution is -2.49. The Kier molecular flexibility index (Phi) is 4.48. The summed E-state index contributed by atoms with van der Waals surface area (Å²) in [7, 11) is -1.21. The highest BCUT2D eigenvalue weighted by atomic mass is 28.3. The van der Waals surface area contributed by atoms with Crippen molar-refractivity contribution in [2.24, 2.45) is 23.2 Å². The first-order valence-electron chi connectivity index (χ1n) is 8.06. The highest BCUT2D eigenvalue weighted by molar-refractivity contribution is 6.48. The molecule has 0 aliphatic carbocycles. The first-order chi connectivity index (χ1) is 9.25. The Bertz CT molecular complexity index is 363. The standard InChI is InChI=1S/C16H30O3Si/c1-7-11(10-17)13-14(15(2,3)4)12-8-9-16(13,18-12)19-20(5)6/h10-14,20H,7-9H2,1-6H3. The van der Waals surface area contributed by atoms with E-state index < -0.39 is 14.8 Å². The van der Waals surface area contributed by atoms with Crippen LogP contribution in [0.3, 0.4) is 0 Å². The minimum absolute atomic E-state index is 0.0530. The van der Waals surface area contributed by atoms with Crippen molar-refractivity contribution < 1.29 is 14.0 Å². The van der Waals surface area contributed by atoms with Gasteiger partial charge in [-0.2, -0.15) is 0 Å². The lowest BCUT2D eigenvalue weighted by atomic mass is 9.61. The van der Waals surface area contributed by atoms with Gasteiger partial charge in [0.15, 0.2) is 14.8 Å². The van der Waals surface area contributed by atoms with Crippen LogP contribution in [0.5, 0.6) is 0 Å². The molecule has 0 saturated carbocycles. The molecule has 5 atom stereocenters. The molecule has 20 heavy (non-hydrogen) atoms. The molecule has 4 heteroatoms. The smallest absolute Gasteiger partial charge is 0.174 e. The van der Waals surface area contributed by atoms with Gasteiger partial charge in [-0.3, -0.25) is 0 Å². The van der Waals surface area contributed by atoms with E-state index in [1.165, 1.54) is 0 Å². The maximum atomic E-state index is 11.6. The van der Waals surface area contributed by atoms with Crippen LogP contribution >= 0.6 is 0 Å². The van der Waals surface area contributed by atoms with Crippen LogP contribution in [0.25, 0.3) is 0 Å². The van der Waals surface area contributed by atoms with E-state index in [1.807, 2.05) is 0 Å². The maximum Gasteiger partial charge on any atom is 0.174 e. The van der Waals surface area contributed by atoms with Gasteiger partial charge in [-0.25, -0.2) is 0 Å². The van der Waals surface area contributed by atoms with Gasteiger partial charge in [0.05, 0.1) is 6.10 Å². The number of hydrogen-bond donors (Lipinski definition) is 0. The zero-order chi connectivity index (χ0) is 15.1. The van der Waals surface area contributed by atoms with Crippen molar-refractivity contribution in [1.29, 1.82) is 0 Å². The van der Waals surface area contributed by atoms with E-state index in [0.29, 0.717) is 5.92 Å². The van der Waals surface area contributed by atoms with Crippen molar-refractivity contribution in [2.45, 2.75) is 71.9 Å². The Morgan fingerprint density at radius 1 is 1.45 bits per heavy atom. The summed E-state index contributed by atoms with van der Waals surface area (Å²) in [6, 6.07) is 0. The van der Waals surface area contributed by atoms with Crippen LogP contribution in [-0.2, 0) is 14.0 Å². The topological polar surface area (TPSA) is 35.5 Å². The fraction of sp³-hybridized carbons (Fsp3) is 0.938. The second-order valence-corrected chi connectivity index (χ2v) is 10.1. The average molecular weight is 298 g/mol. The molecule has 2 aliphatic heterocycles. The van der Waals surface area contributed by atoms with Crippen LogP contribution in [-0.4, -0.2) is 27.2 Å². The molecule has 2 rings (SSSR count). The summed E-state index contributed by atoms with van der Waals surface area (Å²) in [6.45, 7) is 13.3. The maximum absolute atomic E-state index is 11.6. The minimum Gasteiger partial charge on any atom is -0.394 e. The number of carbonyl (C=O) groups is 1. The lowest BCUT2D eigenvalue weighted by Gasteiger charge is -2.44. The Morgan fingerprint density at radius 2 is 2.10 bits per heavy atom. The van der Waals surface area contributed by atoms with Crippen molar-refractivity contribution >= 4 is 15.3 Å². The van der Waals surface area contributed by atoms with Gasteiger partial charge in [-0.15, -0.1) is 0 Å². The third-order valence-electron chi connectivity index (χ3n) is 4.97. The molecule has 3 nitrogen and oxygen atoms in total. The SMILES string of the molecule is CCC(C=O)C1C(C(C)(C)C)C2CCC1(O[SiH](C)C)O2. The van der Waals surface area contributed by atoms with Gasteiger partial charge in [0, 0.05) is 18.3 Å². The molecule has 0 radical (unpaired) electrons. The lowest BCUT2D eigenvalue weighted by molar-refractivity contribution is -0.174. The zero-order valence-electron chi connectivity index (χ0n) is 13.8. The van der Waals surface area contributed by atoms with Gasteiger partial charge in [0.25, 0.3) is 0 Å². The summed E-state index contributed by atoms with van der Waals surface area (Å²) < 4.78 is 12.7. The Morgan fingerprint density at radius 3 is 2.55 bits per heavy atom. The third kappa shape index (κ3) is 2.62. The molecule has 0 aromatic rings. The number of fused-ring (bicyclic) bond motifs is 2. The summed E-state index contributed by atoms with van der Waals surface area (Å²) in [6.07, 6.45) is 4.32. The monoisotopic (exact) mass is 298 g/mol. The highest BCUT2D eigenvalue weighted by Crippen LogP contribution is 2.59. The second kappa shape index (κ2) is 5.54. The predicted octanol–water partition coefficient (Wildman–Crippen LogP) is 3.38. The molecular weight excluding hydrogens is 268 g/mol. The number of hydrogen-bond acceptors (Lipinski definition) is 3. The quantitative estimate of drug-likeness (QED) is 0.576. The normalized spacial score (nSPS) is 38.5. The molecule has 0 N–H and O–H groups in total. The molecule has 0 aromatic carbocycles. The van der Waals surface area contributed by atoms with E-state index in [1.54, 1.807) is 0 Å². The van der Waals surface area contributed by atoms with Crippen molar-refractivity contribution in [3.05, 3.63) is 0 Å². The number of ether oxygens (including phenoxy) is 1. The minimum atomic E-state index is -1.21. The molecule has 2 aliphatic rings. The first-order valence-corrected chi connectivity index (χ1v) is 10.8. The van der Waals surface area contributed by atoms with E-state index in [-0.39, 0.29) is 23.4 Å². The number of aldehydes is 1.